The van der Waals surface area contributed by atoms with Crippen LogP contribution in [0.1, 0.15) is 13.3 Å². The second-order valence-corrected chi connectivity index (χ2v) is 4.30. The molecule has 2 unspecified atom stereocenters. The molecule has 0 aromatic heterocycles. The third kappa shape index (κ3) is 8.82. The van der Waals surface area contributed by atoms with Crippen LogP contribution in [0.15, 0.2) is 0 Å². The number of ether oxygens (including phenoxy) is 2. The summed E-state index contributed by atoms with van der Waals surface area (Å²) in [7, 11) is 2.94. The number of methoxy groups -OCH3 is 2. The molecule has 0 aromatic carbocycles. The minimum atomic E-state index is -1.17. The van der Waals surface area contributed by atoms with Crippen LogP contribution in [0.4, 0.5) is 4.79 Å². The number of carboxylic acid groups (broad SMARTS) is 1. The van der Waals surface area contributed by atoms with E-state index in [4.69, 9.17) is 14.6 Å². The summed E-state index contributed by atoms with van der Waals surface area (Å²) in [5.41, 5.74) is 0. The lowest BCUT2D eigenvalue weighted by atomic mass is 10.2. The Labute approximate surface area is 123 Å². The first-order chi connectivity index (χ1) is 9.92. The predicted octanol–water partition coefficient (Wildman–Crippen LogP) is -1.07. The molecule has 21 heavy (non-hydrogen) atoms. The first-order valence-corrected chi connectivity index (χ1v) is 6.47. The average molecular weight is 305 g/mol. The van der Waals surface area contributed by atoms with Crippen LogP contribution in [-0.2, 0) is 19.1 Å². The van der Waals surface area contributed by atoms with Crippen molar-refractivity contribution in [2.45, 2.75) is 25.4 Å². The predicted molar refractivity (Wildman–Crippen MR) is 73.9 cm³/mol. The Morgan fingerprint density at radius 2 is 1.71 bits per heavy atom. The van der Waals surface area contributed by atoms with Gasteiger partial charge in [0, 0.05) is 33.8 Å². The van der Waals surface area contributed by atoms with Crippen LogP contribution in [-0.4, -0.2) is 69.1 Å². The maximum atomic E-state index is 11.6. The Morgan fingerprint density at radius 3 is 2.24 bits per heavy atom. The summed E-state index contributed by atoms with van der Waals surface area (Å²) in [6.07, 6.45) is 0.133. The Balaban J connectivity index is 4.20. The van der Waals surface area contributed by atoms with Crippen LogP contribution in [0.2, 0.25) is 0 Å². The molecule has 9 heteroatoms. The number of amides is 3. The molecule has 0 saturated carbocycles. The highest BCUT2D eigenvalue weighted by Crippen LogP contribution is 1.93. The first kappa shape index (κ1) is 19.1. The fourth-order valence-corrected chi connectivity index (χ4v) is 1.38. The number of nitrogens with one attached hydrogen (secondary N) is 3. The average Bonchev–Trinajstić information content (AvgIpc) is 2.43. The summed E-state index contributed by atoms with van der Waals surface area (Å²) >= 11 is 0. The molecule has 0 saturated heterocycles. The van der Waals surface area contributed by atoms with Crippen LogP contribution in [0.3, 0.4) is 0 Å². The molecule has 0 radical (unpaired) electrons. The normalized spacial score (nSPS) is 13.1. The van der Waals surface area contributed by atoms with Crippen LogP contribution in [0.5, 0.6) is 0 Å². The summed E-state index contributed by atoms with van der Waals surface area (Å²) in [6, 6.07) is -2.60. The standard InChI is InChI=1S/C12H23N3O6/c1-8(10(16)13-5-7-21-3)14-12(19)15-9(11(17)18)4-6-20-2/h8-9H,4-7H2,1-3H3,(H,13,16)(H,17,18)(H2,14,15,19). The number of hydrogen-bond donors (Lipinski definition) is 4. The van der Waals surface area contributed by atoms with E-state index in [9.17, 15) is 14.4 Å². The highest BCUT2D eigenvalue weighted by molar-refractivity contribution is 5.88. The van der Waals surface area contributed by atoms with Crippen molar-refractivity contribution in [1.82, 2.24) is 16.0 Å². The molecule has 9 nitrogen and oxygen atoms in total. The van der Waals surface area contributed by atoms with Gasteiger partial charge >= 0.3 is 12.0 Å². The maximum absolute atomic E-state index is 11.6. The molecule has 0 aliphatic rings. The minimum absolute atomic E-state index is 0.133. The van der Waals surface area contributed by atoms with Gasteiger partial charge in [0.15, 0.2) is 0 Å². The van der Waals surface area contributed by atoms with Gasteiger partial charge in [0.1, 0.15) is 12.1 Å². The van der Waals surface area contributed by atoms with E-state index < -0.39 is 24.1 Å². The minimum Gasteiger partial charge on any atom is -0.480 e. The van der Waals surface area contributed by atoms with Gasteiger partial charge in [-0.2, -0.15) is 0 Å². The lowest BCUT2D eigenvalue weighted by Crippen LogP contribution is -2.52. The monoisotopic (exact) mass is 305 g/mol. The first-order valence-electron chi connectivity index (χ1n) is 6.47. The largest absolute Gasteiger partial charge is 0.480 e. The molecule has 122 valence electrons. The van der Waals surface area contributed by atoms with E-state index >= 15 is 0 Å². The van der Waals surface area contributed by atoms with Crippen LogP contribution in [0, 0.1) is 0 Å². The molecule has 4 N–H and O–H groups in total. The van der Waals surface area contributed by atoms with Crippen molar-refractivity contribution in [3.8, 4) is 0 Å². The van der Waals surface area contributed by atoms with E-state index in [1.165, 1.54) is 21.1 Å². The maximum Gasteiger partial charge on any atom is 0.326 e. The third-order valence-electron chi connectivity index (χ3n) is 2.56. The summed E-state index contributed by atoms with van der Waals surface area (Å²) in [5, 5.41) is 16.1. The number of carbonyl (C=O) groups is 3. The van der Waals surface area contributed by atoms with Crippen molar-refractivity contribution in [2.75, 3.05) is 34.0 Å². The topological polar surface area (TPSA) is 126 Å². The molecule has 0 bridgehead atoms. The highest BCUT2D eigenvalue weighted by Gasteiger charge is 2.21. The summed E-state index contributed by atoms with van der Waals surface area (Å²) < 4.78 is 9.55. The van der Waals surface area contributed by atoms with E-state index in [-0.39, 0.29) is 18.9 Å². The molecule has 0 spiro atoms. The molecule has 0 aromatic rings. The summed E-state index contributed by atoms with van der Waals surface area (Å²) in [5.74, 6) is -1.55. The Kier molecular flexibility index (Phi) is 9.90. The number of hydrogen-bond acceptors (Lipinski definition) is 5. The van der Waals surface area contributed by atoms with E-state index in [0.717, 1.165) is 0 Å². The Hall–Kier alpha value is -1.87. The summed E-state index contributed by atoms with van der Waals surface area (Å²) in [4.78, 5) is 34.2. The van der Waals surface area contributed by atoms with Gasteiger partial charge in [0.2, 0.25) is 5.91 Å². The fraction of sp³-hybridized carbons (Fsp3) is 0.750. The molecule has 0 fully saturated rings. The zero-order valence-corrected chi connectivity index (χ0v) is 12.5. The summed E-state index contributed by atoms with van der Waals surface area (Å²) in [6.45, 7) is 2.38. The highest BCUT2D eigenvalue weighted by atomic mass is 16.5. The van der Waals surface area contributed by atoms with Crippen LogP contribution in [0.25, 0.3) is 0 Å². The zero-order chi connectivity index (χ0) is 16.3. The number of carboxylic acids is 1. The third-order valence-corrected chi connectivity index (χ3v) is 2.56. The van der Waals surface area contributed by atoms with E-state index in [1.807, 2.05) is 0 Å². The molecular formula is C12H23N3O6. The van der Waals surface area contributed by atoms with E-state index in [1.54, 1.807) is 0 Å². The molecule has 3 amide bonds. The number of urea groups is 1. The van der Waals surface area contributed by atoms with Gasteiger partial charge in [0.25, 0.3) is 0 Å². The SMILES string of the molecule is COCCNC(=O)C(C)NC(=O)NC(CCOC)C(=O)O. The van der Waals surface area contributed by atoms with Crippen molar-refractivity contribution in [1.29, 1.82) is 0 Å². The van der Waals surface area contributed by atoms with Gasteiger partial charge in [-0.3, -0.25) is 4.79 Å². The molecular weight excluding hydrogens is 282 g/mol. The second kappa shape index (κ2) is 10.9. The van der Waals surface area contributed by atoms with Crippen molar-refractivity contribution in [3.05, 3.63) is 0 Å². The van der Waals surface area contributed by atoms with Gasteiger partial charge in [0.05, 0.1) is 6.61 Å². The second-order valence-electron chi connectivity index (χ2n) is 4.30. The van der Waals surface area contributed by atoms with Crippen molar-refractivity contribution in [3.63, 3.8) is 0 Å². The number of rotatable bonds is 10. The van der Waals surface area contributed by atoms with Crippen molar-refractivity contribution < 1.29 is 29.0 Å². The number of carbonyl (C=O) groups excluding carboxylic acids is 2. The Bertz CT molecular complexity index is 350. The number of aliphatic carboxylic acids is 1. The fourth-order valence-electron chi connectivity index (χ4n) is 1.38. The van der Waals surface area contributed by atoms with Gasteiger partial charge in [-0.25, -0.2) is 9.59 Å². The van der Waals surface area contributed by atoms with Gasteiger partial charge < -0.3 is 30.5 Å². The van der Waals surface area contributed by atoms with E-state index in [2.05, 4.69) is 16.0 Å². The van der Waals surface area contributed by atoms with Gasteiger partial charge in [-0.05, 0) is 6.92 Å². The van der Waals surface area contributed by atoms with Crippen LogP contribution >= 0.6 is 0 Å². The molecule has 0 aliphatic carbocycles. The zero-order valence-electron chi connectivity index (χ0n) is 12.5. The molecule has 0 rings (SSSR count). The Morgan fingerprint density at radius 1 is 1.10 bits per heavy atom. The lowest BCUT2D eigenvalue weighted by molar-refractivity contribution is -0.139. The van der Waals surface area contributed by atoms with Crippen molar-refractivity contribution >= 4 is 17.9 Å². The van der Waals surface area contributed by atoms with Crippen molar-refractivity contribution in [2.24, 2.45) is 0 Å². The smallest absolute Gasteiger partial charge is 0.326 e. The quantitative estimate of drug-likeness (QED) is 0.381. The van der Waals surface area contributed by atoms with Gasteiger partial charge in [-0.15, -0.1) is 0 Å². The van der Waals surface area contributed by atoms with Gasteiger partial charge in [-0.1, -0.05) is 0 Å². The lowest BCUT2D eigenvalue weighted by Gasteiger charge is -2.18. The van der Waals surface area contributed by atoms with E-state index in [0.29, 0.717) is 13.2 Å². The molecule has 0 aliphatic heterocycles. The molecule has 2 atom stereocenters. The molecule has 0 heterocycles. The van der Waals surface area contributed by atoms with Crippen LogP contribution < -0.4 is 16.0 Å².